The number of carboxylic acid groups (broad SMARTS) is 1. The second-order valence-electron chi connectivity index (χ2n) is 2.13. The van der Waals surface area contributed by atoms with Crippen LogP contribution in [0.1, 0.15) is 26.7 Å². The highest BCUT2D eigenvalue weighted by Gasteiger charge is 1.97. The number of nitrogens with zero attached hydrogens (tertiary/aromatic N) is 1. The van der Waals surface area contributed by atoms with Crippen molar-refractivity contribution < 1.29 is 33.9 Å². The molecule has 0 heterocycles. The van der Waals surface area contributed by atoms with E-state index in [-0.39, 0.29) is 24.0 Å². The Bertz CT molecular complexity index is 183. The van der Waals surface area contributed by atoms with Gasteiger partial charge in [0, 0.05) is 12.6 Å². The van der Waals surface area contributed by atoms with Gasteiger partial charge in [-0.1, -0.05) is 19.3 Å². The van der Waals surface area contributed by atoms with Gasteiger partial charge in [-0.2, -0.15) is 0 Å². The molecule has 3 nitrogen and oxygen atoms in total. The lowest BCUT2D eigenvalue weighted by atomic mass is 10.3. The lowest BCUT2D eigenvalue weighted by Gasteiger charge is -2.16. The molecule has 70 valence electrons. The van der Waals surface area contributed by atoms with E-state index in [9.17, 15) is 9.90 Å². The van der Waals surface area contributed by atoms with Gasteiger partial charge in [-0.15, -0.1) is 0 Å². The first-order valence-corrected chi connectivity index (χ1v) is 3.63. The fourth-order valence-electron chi connectivity index (χ4n) is 0.644. The third-order valence-corrected chi connectivity index (χ3v) is 1.20. The first kappa shape index (κ1) is 14.1. The number of rotatable bonds is 3. The van der Waals surface area contributed by atoms with Gasteiger partial charge in [-0.25, -0.2) is 0 Å². The second kappa shape index (κ2) is 8.65. The lowest BCUT2D eigenvalue weighted by molar-refractivity contribution is -0.261. The van der Waals surface area contributed by atoms with Crippen molar-refractivity contribution in [1.82, 2.24) is 4.90 Å². The molecule has 4 heteroatoms. The maximum absolute atomic E-state index is 10.3. The Morgan fingerprint density at radius 3 is 2.50 bits per heavy atom. The first-order chi connectivity index (χ1) is 5.22. The summed E-state index contributed by atoms with van der Waals surface area (Å²) in [5, 5.41) is 10.3. The summed E-state index contributed by atoms with van der Waals surface area (Å²) in [4.78, 5) is 11.3. The summed E-state index contributed by atoms with van der Waals surface area (Å²) in [7, 11) is 0. The Kier molecular flexibility index (Phi) is 10.2. The Hall–Kier alpha value is -0.440. The van der Waals surface area contributed by atoms with Crippen LogP contribution in [0.5, 0.6) is 0 Å². The number of amides is 1. The molecule has 0 aliphatic carbocycles. The topological polar surface area (TPSA) is 43.4 Å². The van der Waals surface area contributed by atoms with Gasteiger partial charge in [0.05, 0.1) is 0 Å². The van der Waals surface area contributed by atoms with E-state index in [4.69, 9.17) is 0 Å². The first-order valence-electron chi connectivity index (χ1n) is 3.63. The summed E-state index contributed by atoms with van der Waals surface area (Å²) in [5.41, 5.74) is 0. The fourth-order valence-corrected chi connectivity index (χ4v) is 0.644. The standard InChI is InChI=1S/C8H13NO2.H2I/c1-3-5-7-9(6-4-2)8(10)11;/h3,5,7H2,1-2H3,(H,10,11);1H2/q;+1/p-1. The Morgan fingerprint density at radius 2 is 2.17 bits per heavy atom. The maximum Gasteiger partial charge on any atom is 0.235 e. The van der Waals surface area contributed by atoms with Crippen LogP contribution >= 0.6 is 0 Å². The predicted molar refractivity (Wildman–Crippen MR) is 43.3 cm³/mol. The van der Waals surface area contributed by atoms with Gasteiger partial charge in [0.25, 0.3) is 0 Å². The number of halogens is 1. The molecule has 1 amide bonds. The van der Waals surface area contributed by atoms with Crippen LogP contribution < -0.4 is 29.1 Å². The number of carbonyl (C=O) groups is 1. The summed E-state index contributed by atoms with van der Waals surface area (Å²) < 4.78 is 0. The Labute approximate surface area is 90.2 Å². The van der Waals surface area contributed by atoms with E-state index in [0.29, 0.717) is 6.54 Å². The molecule has 0 aromatic carbocycles. The van der Waals surface area contributed by atoms with Crippen LogP contribution in [0.4, 0.5) is 4.79 Å². The quantitative estimate of drug-likeness (QED) is 0.312. The van der Waals surface area contributed by atoms with Crippen molar-refractivity contribution in [2.45, 2.75) is 26.7 Å². The molecule has 0 N–H and O–H groups in total. The molecule has 0 aromatic rings. The molecule has 0 atom stereocenters. The summed E-state index contributed by atoms with van der Waals surface area (Å²) in [5.74, 6) is 2.51. The van der Waals surface area contributed by atoms with Crippen molar-refractivity contribution in [2.75, 3.05) is 6.54 Å². The number of unbranched alkanes of at least 4 members (excludes halogenated alkanes) is 1. The molecule has 0 fully saturated rings. The van der Waals surface area contributed by atoms with Crippen molar-refractivity contribution in [3.63, 3.8) is 0 Å². The van der Waals surface area contributed by atoms with Crippen molar-refractivity contribution >= 4 is 6.09 Å². The van der Waals surface area contributed by atoms with Gasteiger partial charge in [-0.05, 0) is 13.3 Å². The molecule has 12 heavy (non-hydrogen) atoms. The molecule has 0 bridgehead atoms. The second-order valence-corrected chi connectivity index (χ2v) is 2.13. The molecular weight excluding hydrogens is 269 g/mol. The Balaban J connectivity index is 0. The van der Waals surface area contributed by atoms with Gasteiger partial charge in [0.2, 0.25) is 24.0 Å². The molecule has 0 unspecified atom stereocenters. The van der Waals surface area contributed by atoms with E-state index < -0.39 is 6.09 Å². The zero-order chi connectivity index (χ0) is 8.69. The zero-order valence-electron chi connectivity index (χ0n) is 7.33. The van der Waals surface area contributed by atoms with Crippen LogP contribution in [0.25, 0.3) is 0 Å². The van der Waals surface area contributed by atoms with Gasteiger partial charge in [0.1, 0.15) is 6.09 Å². The van der Waals surface area contributed by atoms with E-state index in [1.165, 1.54) is 0 Å². The summed E-state index contributed by atoms with van der Waals surface area (Å²) in [6.45, 7) is 4.04. The minimum Gasteiger partial charge on any atom is -0.529 e. The fraction of sp³-hybridized carbons (Fsp3) is 0.625. The van der Waals surface area contributed by atoms with Gasteiger partial charge < -0.3 is 9.90 Å². The van der Waals surface area contributed by atoms with Crippen molar-refractivity contribution in [2.24, 2.45) is 0 Å². The van der Waals surface area contributed by atoms with Crippen molar-refractivity contribution in [1.29, 1.82) is 0 Å². The number of hydrogen-bond donors (Lipinski definition) is 0. The maximum atomic E-state index is 10.3. The Morgan fingerprint density at radius 1 is 1.58 bits per heavy atom. The lowest BCUT2D eigenvalue weighted by Crippen LogP contribution is -3.00. The largest absolute Gasteiger partial charge is 0.529 e. The van der Waals surface area contributed by atoms with Crippen LogP contribution in [-0.4, -0.2) is 17.5 Å². The predicted octanol–water partition coefficient (Wildman–Crippen LogP) is -3.12. The van der Waals surface area contributed by atoms with Crippen LogP contribution in [0.15, 0.2) is 0 Å². The normalized spacial score (nSPS) is 7.50. The molecule has 0 rings (SSSR count). The van der Waals surface area contributed by atoms with E-state index in [0.717, 1.165) is 17.7 Å². The summed E-state index contributed by atoms with van der Waals surface area (Å²) in [6.07, 6.45) is 0.561. The molecule has 0 spiro atoms. The third kappa shape index (κ3) is 6.28. The minimum absolute atomic E-state index is 0. The van der Waals surface area contributed by atoms with Crippen LogP contribution in [0, 0.1) is 12.0 Å². The highest BCUT2D eigenvalue weighted by Crippen LogP contribution is 1.91. The monoisotopic (exact) mass is 283 g/mol. The SMILES string of the molecule is CC#CN(CCCC)C(=O)[O-].[IH2+]. The zero-order valence-corrected chi connectivity index (χ0v) is 9.89. The van der Waals surface area contributed by atoms with Gasteiger partial charge in [0.15, 0.2) is 0 Å². The third-order valence-electron chi connectivity index (χ3n) is 1.20. The number of carbonyl (C=O) groups excluding carboxylic acids is 1. The molecule has 0 radical (unpaired) electrons. The minimum atomic E-state index is -1.21. The highest BCUT2D eigenvalue weighted by atomic mass is 127. The van der Waals surface area contributed by atoms with Crippen molar-refractivity contribution in [3.8, 4) is 12.0 Å². The number of hydrogen-bond acceptors (Lipinski definition) is 2. The highest BCUT2D eigenvalue weighted by molar-refractivity contribution is 5.64. The van der Waals surface area contributed by atoms with E-state index in [2.05, 4.69) is 12.0 Å². The smallest absolute Gasteiger partial charge is 0.235 e. The van der Waals surface area contributed by atoms with Crippen LogP contribution in [-0.2, 0) is 0 Å². The molecular formula is C8H14INO2. The molecule has 0 saturated carbocycles. The van der Waals surface area contributed by atoms with Gasteiger partial charge >= 0.3 is 0 Å². The van der Waals surface area contributed by atoms with Crippen LogP contribution in [0.2, 0.25) is 0 Å². The van der Waals surface area contributed by atoms with E-state index in [1.54, 1.807) is 6.92 Å². The van der Waals surface area contributed by atoms with E-state index in [1.807, 2.05) is 6.92 Å². The van der Waals surface area contributed by atoms with E-state index >= 15 is 0 Å². The average Bonchev–Trinajstić information content (AvgIpc) is 1.97. The molecule has 0 saturated heterocycles. The summed E-state index contributed by atoms with van der Waals surface area (Å²) in [6, 6.07) is 2.44. The molecule has 0 aromatic heterocycles. The molecule has 0 aliphatic rings. The summed E-state index contributed by atoms with van der Waals surface area (Å²) >= 11 is 0. The van der Waals surface area contributed by atoms with Gasteiger partial charge in [-0.3, -0.25) is 4.90 Å². The van der Waals surface area contributed by atoms with Crippen molar-refractivity contribution in [3.05, 3.63) is 0 Å². The molecule has 0 aliphatic heterocycles. The van der Waals surface area contributed by atoms with Crippen LogP contribution in [0.3, 0.4) is 0 Å². The average molecular weight is 283 g/mol.